The molecule has 3 heteroatoms. The van der Waals surface area contributed by atoms with E-state index in [4.69, 9.17) is 4.42 Å². The Labute approximate surface area is 99.7 Å². The maximum atomic E-state index is 12.2. The predicted octanol–water partition coefficient (Wildman–Crippen LogP) is 2.48. The number of carbonyl (C=O) groups is 1. The fourth-order valence-corrected chi connectivity index (χ4v) is 2.22. The lowest BCUT2D eigenvalue weighted by atomic mass is 9.99. The van der Waals surface area contributed by atoms with Crippen molar-refractivity contribution in [1.82, 2.24) is 4.90 Å². The molecular formula is C14H13NO2. The van der Waals surface area contributed by atoms with Crippen molar-refractivity contribution in [2.24, 2.45) is 0 Å². The molecule has 0 saturated heterocycles. The molecule has 2 aromatic rings. The van der Waals surface area contributed by atoms with E-state index < -0.39 is 0 Å². The summed E-state index contributed by atoms with van der Waals surface area (Å²) in [4.78, 5) is 14.1. The molecule has 2 heterocycles. The lowest BCUT2D eigenvalue weighted by molar-refractivity contribution is 0.0715. The van der Waals surface area contributed by atoms with E-state index in [2.05, 4.69) is 0 Å². The zero-order chi connectivity index (χ0) is 11.7. The molecule has 1 aromatic heterocycles. The highest BCUT2D eigenvalue weighted by atomic mass is 16.3. The van der Waals surface area contributed by atoms with Crippen molar-refractivity contribution in [2.45, 2.75) is 13.0 Å². The Morgan fingerprint density at radius 1 is 1.18 bits per heavy atom. The molecule has 17 heavy (non-hydrogen) atoms. The molecule has 0 fully saturated rings. The van der Waals surface area contributed by atoms with Crippen molar-refractivity contribution in [1.29, 1.82) is 0 Å². The first-order valence-corrected chi connectivity index (χ1v) is 5.74. The Bertz CT molecular complexity index is 531. The first kappa shape index (κ1) is 10.1. The van der Waals surface area contributed by atoms with E-state index in [0.29, 0.717) is 6.54 Å². The number of furan rings is 1. The number of carbonyl (C=O) groups excluding carboxylic acids is 1. The highest BCUT2D eigenvalue weighted by molar-refractivity contribution is 5.96. The number of fused-ring (bicyclic) bond motifs is 1. The van der Waals surface area contributed by atoms with Crippen molar-refractivity contribution < 1.29 is 9.21 Å². The Morgan fingerprint density at radius 2 is 2.06 bits per heavy atom. The van der Waals surface area contributed by atoms with Crippen molar-refractivity contribution in [3.63, 3.8) is 0 Å². The Hall–Kier alpha value is -2.03. The number of nitrogens with zero attached hydrogens (tertiary/aromatic N) is 1. The van der Waals surface area contributed by atoms with Crippen LogP contribution < -0.4 is 0 Å². The molecule has 3 rings (SSSR count). The average Bonchev–Trinajstić information content (AvgIpc) is 2.86. The number of benzene rings is 1. The molecule has 0 unspecified atom stereocenters. The Kier molecular flexibility index (Phi) is 2.44. The van der Waals surface area contributed by atoms with Gasteiger partial charge >= 0.3 is 0 Å². The molecule has 0 spiro atoms. The fraction of sp³-hybridized carbons (Fsp3) is 0.214. The third kappa shape index (κ3) is 1.84. The minimum Gasteiger partial charge on any atom is -0.467 e. The summed E-state index contributed by atoms with van der Waals surface area (Å²) in [7, 11) is 0. The predicted molar refractivity (Wildman–Crippen MR) is 63.6 cm³/mol. The molecule has 1 amide bonds. The molecule has 0 aliphatic carbocycles. The fourth-order valence-electron chi connectivity index (χ4n) is 2.22. The quantitative estimate of drug-likeness (QED) is 0.789. The van der Waals surface area contributed by atoms with Crippen molar-refractivity contribution in [3.8, 4) is 0 Å². The van der Waals surface area contributed by atoms with Crippen LogP contribution in [0.2, 0.25) is 0 Å². The second kappa shape index (κ2) is 4.09. The summed E-state index contributed by atoms with van der Waals surface area (Å²) in [6, 6.07) is 11.6. The lowest BCUT2D eigenvalue weighted by Gasteiger charge is -2.27. The van der Waals surface area contributed by atoms with Crippen LogP contribution in [0.25, 0.3) is 0 Å². The maximum absolute atomic E-state index is 12.2. The average molecular weight is 227 g/mol. The standard InChI is InChI=1S/C14H13NO2/c16-14-13-6-2-1-4-11(13)7-8-15(14)10-12-5-3-9-17-12/h1-6,9H,7-8,10H2. The minimum absolute atomic E-state index is 0.100. The van der Waals surface area contributed by atoms with Crippen LogP contribution in [0, 0.1) is 0 Å². The van der Waals surface area contributed by atoms with Crippen LogP contribution in [0.5, 0.6) is 0 Å². The highest BCUT2D eigenvalue weighted by Crippen LogP contribution is 2.20. The molecule has 0 atom stereocenters. The van der Waals surface area contributed by atoms with Gasteiger partial charge in [-0.1, -0.05) is 18.2 Å². The van der Waals surface area contributed by atoms with E-state index in [1.807, 2.05) is 41.3 Å². The molecule has 0 saturated carbocycles. The Morgan fingerprint density at radius 3 is 2.88 bits per heavy atom. The number of rotatable bonds is 2. The van der Waals surface area contributed by atoms with E-state index in [0.717, 1.165) is 29.9 Å². The van der Waals surface area contributed by atoms with E-state index in [1.165, 1.54) is 0 Å². The van der Waals surface area contributed by atoms with Crippen molar-refractivity contribution in [2.75, 3.05) is 6.54 Å². The van der Waals surface area contributed by atoms with Gasteiger partial charge < -0.3 is 9.32 Å². The zero-order valence-corrected chi connectivity index (χ0v) is 9.43. The molecule has 0 bridgehead atoms. The number of hydrogen-bond donors (Lipinski definition) is 0. The van der Waals surface area contributed by atoms with Crippen LogP contribution in [0.3, 0.4) is 0 Å². The summed E-state index contributed by atoms with van der Waals surface area (Å²) >= 11 is 0. The molecule has 0 radical (unpaired) electrons. The van der Waals surface area contributed by atoms with Gasteiger partial charge in [0.05, 0.1) is 12.8 Å². The topological polar surface area (TPSA) is 33.5 Å². The van der Waals surface area contributed by atoms with E-state index in [1.54, 1.807) is 6.26 Å². The Balaban J connectivity index is 1.84. The summed E-state index contributed by atoms with van der Waals surface area (Å²) in [5.74, 6) is 0.931. The molecular weight excluding hydrogens is 214 g/mol. The van der Waals surface area contributed by atoms with Gasteiger partial charge in [0.2, 0.25) is 0 Å². The van der Waals surface area contributed by atoms with Crippen molar-refractivity contribution >= 4 is 5.91 Å². The largest absolute Gasteiger partial charge is 0.467 e. The van der Waals surface area contributed by atoms with Gasteiger partial charge in [0, 0.05) is 12.1 Å². The van der Waals surface area contributed by atoms with Gasteiger partial charge in [0.25, 0.3) is 5.91 Å². The van der Waals surface area contributed by atoms with Crippen LogP contribution in [0.15, 0.2) is 47.1 Å². The SMILES string of the molecule is O=C1c2ccccc2CCN1Cc1ccco1. The summed E-state index contributed by atoms with van der Waals surface area (Å²) < 4.78 is 5.28. The van der Waals surface area contributed by atoms with Gasteiger partial charge in [0.15, 0.2) is 0 Å². The summed E-state index contributed by atoms with van der Waals surface area (Å²) in [6.07, 6.45) is 2.56. The zero-order valence-electron chi connectivity index (χ0n) is 9.43. The first-order valence-electron chi connectivity index (χ1n) is 5.74. The van der Waals surface area contributed by atoms with Gasteiger partial charge in [-0.2, -0.15) is 0 Å². The van der Waals surface area contributed by atoms with Crippen LogP contribution in [-0.4, -0.2) is 17.4 Å². The summed E-state index contributed by atoms with van der Waals surface area (Å²) in [5.41, 5.74) is 1.97. The third-order valence-corrected chi connectivity index (χ3v) is 3.11. The van der Waals surface area contributed by atoms with Crippen LogP contribution >= 0.6 is 0 Å². The van der Waals surface area contributed by atoms with E-state index in [-0.39, 0.29) is 5.91 Å². The molecule has 1 aromatic carbocycles. The second-order valence-corrected chi connectivity index (χ2v) is 4.21. The molecule has 1 aliphatic heterocycles. The molecule has 3 nitrogen and oxygen atoms in total. The summed E-state index contributed by atoms with van der Waals surface area (Å²) in [6.45, 7) is 1.32. The minimum atomic E-state index is 0.100. The van der Waals surface area contributed by atoms with E-state index in [9.17, 15) is 4.79 Å². The van der Waals surface area contributed by atoms with Crippen LogP contribution in [0.4, 0.5) is 0 Å². The lowest BCUT2D eigenvalue weighted by Crippen LogP contribution is -2.36. The smallest absolute Gasteiger partial charge is 0.254 e. The highest BCUT2D eigenvalue weighted by Gasteiger charge is 2.24. The monoisotopic (exact) mass is 227 g/mol. The van der Waals surface area contributed by atoms with Crippen LogP contribution in [-0.2, 0) is 13.0 Å². The van der Waals surface area contributed by atoms with E-state index >= 15 is 0 Å². The molecule has 0 N–H and O–H groups in total. The third-order valence-electron chi connectivity index (χ3n) is 3.11. The number of hydrogen-bond acceptors (Lipinski definition) is 2. The molecule has 1 aliphatic rings. The van der Waals surface area contributed by atoms with Crippen molar-refractivity contribution in [3.05, 3.63) is 59.5 Å². The second-order valence-electron chi connectivity index (χ2n) is 4.21. The first-order chi connectivity index (χ1) is 8.34. The maximum Gasteiger partial charge on any atom is 0.254 e. The van der Waals surface area contributed by atoms with Crippen LogP contribution in [0.1, 0.15) is 21.7 Å². The van der Waals surface area contributed by atoms with Gasteiger partial charge in [-0.05, 0) is 30.2 Å². The summed E-state index contributed by atoms with van der Waals surface area (Å²) in [5, 5.41) is 0. The number of amides is 1. The van der Waals surface area contributed by atoms with Gasteiger partial charge in [-0.3, -0.25) is 4.79 Å². The molecule has 86 valence electrons. The van der Waals surface area contributed by atoms with Gasteiger partial charge in [-0.15, -0.1) is 0 Å². The van der Waals surface area contributed by atoms with Gasteiger partial charge in [-0.25, -0.2) is 0 Å². The normalized spacial score (nSPS) is 14.8. The van der Waals surface area contributed by atoms with Gasteiger partial charge in [0.1, 0.15) is 5.76 Å².